The molecule has 0 spiro atoms. The molecule has 0 saturated carbocycles. The Morgan fingerprint density at radius 2 is 1.71 bits per heavy atom. The van der Waals surface area contributed by atoms with Gasteiger partial charge in [-0.15, -0.1) is 0 Å². The third-order valence-corrected chi connectivity index (χ3v) is 6.48. The number of hydrogen-bond donors (Lipinski definition) is 2. The first-order valence-electron chi connectivity index (χ1n) is 10.7. The maximum absolute atomic E-state index is 12.6. The van der Waals surface area contributed by atoms with Crippen LogP contribution in [0, 0.1) is 0 Å². The van der Waals surface area contributed by atoms with Gasteiger partial charge in [-0.1, -0.05) is 11.6 Å². The van der Waals surface area contributed by atoms with Crippen LogP contribution in [-0.4, -0.2) is 69.3 Å². The first-order chi connectivity index (χ1) is 16.2. The zero-order valence-electron chi connectivity index (χ0n) is 18.8. The smallest absolute Gasteiger partial charge is 0.343 e. The van der Waals surface area contributed by atoms with E-state index in [-0.39, 0.29) is 25.9 Å². The Morgan fingerprint density at radius 3 is 2.24 bits per heavy atom. The molecule has 3 aromatic rings. The van der Waals surface area contributed by atoms with Crippen molar-refractivity contribution in [1.29, 1.82) is 0 Å². The van der Waals surface area contributed by atoms with E-state index in [0.717, 1.165) is 11.3 Å². The Hall–Kier alpha value is -3.56. The molecule has 2 N–H and O–H groups in total. The van der Waals surface area contributed by atoms with E-state index in [1.807, 2.05) is 36.4 Å². The van der Waals surface area contributed by atoms with Crippen LogP contribution in [0.25, 0.3) is 16.9 Å². The summed E-state index contributed by atoms with van der Waals surface area (Å²) in [7, 11) is 2.84. The molecule has 2 amide bonds. The van der Waals surface area contributed by atoms with Crippen LogP contribution in [0.4, 0.5) is 4.79 Å². The normalized spacial score (nSPS) is 15.1. The molecular weight excluding hydrogens is 460 g/mol. The number of carbonyl (C=O) groups is 2. The molecule has 0 unspecified atom stereocenters. The van der Waals surface area contributed by atoms with Gasteiger partial charge in [0.1, 0.15) is 11.2 Å². The second kappa shape index (κ2) is 9.36. The lowest BCUT2D eigenvalue weighted by Crippen LogP contribution is -2.51. The van der Waals surface area contributed by atoms with E-state index in [9.17, 15) is 19.9 Å². The summed E-state index contributed by atoms with van der Waals surface area (Å²) in [6.07, 6.45) is 0.337. The number of carbonyl (C=O) groups excluding carboxylic acids is 1. The molecule has 0 atom stereocenters. The number of methoxy groups -OCH3 is 1. The molecule has 4 rings (SSSR count). The van der Waals surface area contributed by atoms with Crippen LogP contribution in [0.5, 0.6) is 5.75 Å². The van der Waals surface area contributed by atoms with Crippen molar-refractivity contribution in [3.05, 3.63) is 65.3 Å². The van der Waals surface area contributed by atoms with Crippen molar-refractivity contribution >= 4 is 23.6 Å². The molecule has 1 saturated heterocycles. The van der Waals surface area contributed by atoms with E-state index in [0.29, 0.717) is 27.2 Å². The molecule has 1 aliphatic rings. The molecule has 0 bridgehead atoms. The van der Waals surface area contributed by atoms with Crippen molar-refractivity contribution in [3.8, 4) is 22.7 Å². The number of hydroxylamine groups is 2. The van der Waals surface area contributed by atoms with Crippen LogP contribution in [0.1, 0.15) is 18.5 Å². The van der Waals surface area contributed by atoms with Crippen LogP contribution in [0.15, 0.2) is 54.6 Å². The van der Waals surface area contributed by atoms with Crippen LogP contribution < -0.4 is 4.74 Å². The van der Waals surface area contributed by atoms with Crippen molar-refractivity contribution < 1.29 is 24.6 Å². The van der Waals surface area contributed by atoms with Crippen LogP contribution >= 0.6 is 11.6 Å². The summed E-state index contributed by atoms with van der Waals surface area (Å²) in [5, 5.41) is 25.6. The Labute approximate surface area is 201 Å². The van der Waals surface area contributed by atoms with Gasteiger partial charge in [-0.2, -0.15) is 5.10 Å². The van der Waals surface area contributed by atoms with Gasteiger partial charge in [0.25, 0.3) is 0 Å². The number of carboxylic acid groups (broad SMARTS) is 1. The number of benzene rings is 2. The second-order valence-corrected chi connectivity index (χ2v) is 8.65. The summed E-state index contributed by atoms with van der Waals surface area (Å²) < 4.78 is 6.96. The summed E-state index contributed by atoms with van der Waals surface area (Å²) in [5.74, 6) is -0.298. The van der Waals surface area contributed by atoms with Crippen molar-refractivity contribution in [2.24, 2.45) is 0 Å². The predicted molar refractivity (Wildman–Crippen MR) is 126 cm³/mol. The van der Waals surface area contributed by atoms with E-state index >= 15 is 0 Å². The average Bonchev–Trinajstić information content (AvgIpc) is 3.30. The fourth-order valence-corrected chi connectivity index (χ4v) is 4.35. The molecule has 0 radical (unpaired) electrons. The minimum Gasteiger partial charge on any atom is -0.497 e. The Kier molecular flexibility index (Phi) is 6.49. The number of halogens is 1. The maximum atomic E-state index is 12.6. The van der Waals surface area contributed by atoms with Crippen molar-refractivity contribution in [2.75, 3.05) is 27.2 Å². The van der Waals surface area contributed by atoms with Gasteiger partial charge in [0, 0.05) is 30.7 Å². The number of likely N-dealkylation sites (tertiary alicyclic amines) is 1. The standard InChI is InChI=1S/C24H25ClN4O5/c1-27(33)23(32)28-13-11-24(12-14-28,22(30)31)21-15-20(16-3-9-19(34-2)10-4-16)29(26-21)18-7-5-17(25)6-8-18/h3-10,15,33H,11-14H2,1-2H3,(H,30,31). The molecule has 2 aromatic carbocycles. The minimum atomic E-state index is -1.27. The Balaban J connectivity index is 1.78. The maximum Gasteiger partial charge on any atom is 0.343 e. The van der Waals surface area contributed by atoms with Crippen molar-refractivity contribution in [2.45, 2.75) is 18.3 Å². The molecular formula is C24H25ClN4O5. The molecule has 1 aromatic heterocycles. The highest BCUT2D eigenvalue weighted by atomic mass is 35.5. The molecule has 34 heavy (non-hydrogen) atoms. The third kappa shape index (κ3) is 4.32. The van der Waals surface area contributed by atoms with Crippen LogP contribution in [0.2, 0.25) is 5.02 Å². The fourth-order valence-electron chi connectivity index (χ4n) is 4.23. The van der Waals surface area contributed by atoms with Gasteiger partial charge < -0.3 is 14.7 Å². The molecule has 178 valence electrons. The number of ether oxygens (including phenoxy) is 1. The monoisotopic (exact) mass is 484 g/mol. The number of amides is 2. The van der Waals surface area contributed by atoms with E-state index in [1.165, 1.54) is 11.9 Å². The van der Waals surface area contributed by atoms with Crippen molar-refractivity contribution in [3.63, 3.8) is 0 Å². The highest BCUT2D eigenvalue weighted by Gasteiger charge is 2.46. The zero-order chi connectivity index (χ0) is 24.5. The lowest BCUT2D eigenvalue weighted by atomic mass is 9.75. The number of hydrogen-bond acceptors (Lipinski definition) is 5. The molecule has 1 aliphatic heterocycles. The Morgan fingerprint density at radius 1 is 1.09 bits per heavy atom. The van der Waals surface area contributed by atoms with Gasteiger partial charge in [0.15, 0.2) is 0 Å². The topological polar surface area (TPSA) is 108 Å². The SMILES string of the molecule is COc1ccc(-c2cc(C3(C(=O)O)CCN(C(=O)N(C)O)CC3)nn2-c2ccc(Cl)cc2)cc1. The van der Waals surface area contributed by atoms with Crippen LogP contribution in [-0.2, 0) is 10.2 Å². The lowest BCUT2D eigenvalue weighted by molar-refractivity contribution is -0.146. The summed E-state index contributed by atoms with van der Waals surface area (Å²) in [5.41, 5.74) is 1.42. The first kappa shape index (κ1) is 23.6. The van der Waals surface area contributed by atoms with Gasteiger partial charge >= 0.3 is 12.0 Å². The van der Waals surface area contributed by atoms with Gasteiger partial charge in [0.2, 0.25) is 0 Å². The summed E-state index contributed by atoms with van der Waals surface area (Å²) >= 11 is 6.07. The first-order valence-corrected chi connectivity index (χ1v) is 11.1. The number of piperidine rings is 1. The number of aliphatic carboxylic acids is 1. The summed E-state index contributed by atoms with van der Waals surface area (Å²) in [6.45, 7) is 0.364. The molecule has 9 nitrogen and oxygen atoms in total. The van der Waals surface area contributed by atoms with Gasteiger partial charge in [-0.25, -0.2) is 14.5 Å². The number of aromatic nitrogens is 2. The highest BCUT2D eigenvalue weighted by Crippen LogP contribution is 2.38. The van der Waals surface area contributed by atoms with Crippen LogP contribution in [0.3, 0.4) is 0 Å². The van der Waals surface area contributed by atoms with E-state index in [2.05, 4.69) is 0 Å². The minimum absolute atomic E-state index is 0.168. The van der Waals surface area contributed by atoms with Gasteiger partial charge in [-0.3, -0.25) is 10.0 Å². The number of carboxylic acids is 1. The third-order valence-electron chi connectivity index (χ3n) is 6.23. The number of rotatable bonds is 5. The number of nitrogens with zero attached hydrogens (tertiary/aromatic N) is 4. The molecule has 10 heteroatoms. The molecule has 1 fully saturated rings. The molecule has 2 heterocycles. The largest absolute Gasteiger partial charge is 0.497 e. The quantitative estimate of drug-likeness (QED) is 0.417. The average molecular weight is 485 g/mol. The second-order valence-electron chi connectivity index (χ2n) is 8.21. The van der Waals surface area contributed by atoms with E-state index in [1.54, 1.807) is 30.0 Å². The predicted octanol–water partition coefficient (Wildman–Crippen LogP) is 4.06. The summed E-state index contributed by atoms with van der Waals surface area (Å²) in [6, 6.07) is 15.8. The fraction of sp³-hybridized carbons (Fsp3) is 0.292. The van der Waals surface area contributed by atoms with Gasteiger partial charge in [0.05, 0.1) is 24.2 Å². The molecule has 0 aliphatic carbocycles. The van der Waals surface area contributed by atoms with Gasteiger partial charge in [-0.05, 0) is 67.4 Å². The zero-order valence-corrected chi connectivity index (χ0v) is 19.6. The highest BCUT2D eigenvalue weighted by molar-refractivity contribution is 6.30. The summed E-state index contributed by atoms with van der Waals surface area (Å²) in [4.78, 5) is 26.1. The lowest BCUT2D eigenvalue weighted by Gasteiger charge is -2.38. The Bertz CT molecular complexity index is 1180. The van der Waals surface area contributed by atoms with E-state index in [4.69, 9.17) is 21.4 Å². The van der Waals surface area contributed by atoms with E-state index < -0.39 is 17.4 Å². The number of urea groups is 1. The van der Waals surface area contributed by atoms with Crippen molar-refractivity contribution in [1.82, 2.24) is 19.7 Å².